The molecular formula is C25H16N. The van der Waals surface area contributed by atoms with Gasteiger partial charge in [0.15, 0.2) is 0 Å². The van der Waals surface area contributed by atoms with Crippen LogP contribution >= 0.6 is 0 Å². The molecule has 0 fully saturated rings. The van der Waals surface area contributed by atoms with Crippen LogP contribution in [-0.2, 0) is 0 Å². The van der Waals surface area contributed by atoms with Crippen LogP contribution in [0.5, 0.6) is 0 Å². The van der Waals surface area contributed by atoms with Gasteiger partial charge in [0.25, 0.3) is 0 Å². The lowest BCUT2D eigenvalue weighted by atomic mass is 9.86. The molecule has 0 saturated carbocycles. The van der Waals surface area contributed by atoms with Gasteiger partial charge < -0.3 is 0 Å². The van der Waals surface area contributed by atoms with E-state index in [0.29, 0.717) is 0 Å². The molecular weight excluding hydrogens is 314 g/mol. The van der Waals surface area contributed by atoms with Gasteiger partial charge in [-0.2, -0.15) is 0 Å². The Morgan fingerprint density at radius 1 is 0.538 bits per heavy atom. The Bertz CT molecular complexity index is 1050. The molecule has 26 heavy (non-hydrogen) atoms. The zero-order valence-electron chi connectivity index (χ0n) is 14.2. The predicted octanol–water partition coefficient (Wildman–Crippen LogP) is 6.52. The van der Waals surface area contributed by atoms with E-state index in [4.69, 9.17) is 0 Å². The summed E-state index contributed by atoms with van der Waals surface area (Å²) in [4.78, 5) is 4.30. The van der Waals surface area contributed by atoms with Crippen LogP contribution in [-0.4, -0.2) is 4.98 Å². The molecule has 0 aliphatic carbocycles. The maximum atomic E-state index is 4.30. The van der Waals surface area contributed by atoms with Crippen molar-refractivity contribution in [3.05, 3.63) is 103 Å². The van der Waals surface area contributed by atoms with Crippen LogP contribution in [0.1, 0.15) is 0 Å². The molecule has 0 N–H and O–H groups in total. The monoisotopic (exact) mass is 330 g/mol. The van der Waals surface area contributed by atoms with Gasteiger partial charge in [0.05, 0.1) is 0 Å². The molecule has 1 aromatic heterocycles. The summed E-state index contributed by atoms with van der Waals surface area (Å²) in [5.74, 6) is 0. The highest BCUT2D eigenvalue weighted by molar-refractivity contribution is 6.21. The number of benzene rings is 4. The third kappa shape index (κ3) is 2.29. The summed E-state index contributed by atoms with van der Waals surface area (Å²) in [5.41, 5.74) is 4.84. The third-order valence-electron chi connectivity index (χ3n) is 4.88. The lowest BCUT2D eigenvalue weighted by Gasteiger charge is -2.17. The molecule has 0 amide bonds. The van der Waals surface area contributed by atoms with Crippen LogP contribution in [0.25, 0.3) is 43.8 Å². The van der Waals surface area contributed by atoms with Crippen molar-refractivity contribution in [2.75, 3.05) is 0 Å². The van der Waals surface area contributed by atoms with Crippen molar-refractivity contribution in [2.24, 2.45) is 0 Å². The van der Waals surface area contributed by atoms with E-state index in [1.807, 2.05) is 12.3 Å². The first-order chi connectivity index (χ1) is 12.9. The minimum atomic E-state index is 1.10. The number of pyridine rings is 1. The summed E-state index contributed by atoms with van der Waals surface area (Å²) in [5, 5.41) is 5.01. The van der Waals surface area contributed by atoms with Crippen LogP contribution in [0.3, 0.4) is 0 Å². The van der Waals surface area contributed by atoms with Crippen molar-refractivity contribution in [3.8, 4) is 22.3 Å². The van der Waals surface area contributed by atoms with Crippen molar-refractivity contribution in [1.29, 1.82) is 0 Å². The summed E-state index contributed by atoms with van der Waals surface area (Å²) in [6.45, 7) is 0. The standard InChI is InChI=1S/C25H16N/c1-2-9-18(10-3-1)24-20-12-4-6-14-22(20)25(19-11-8-16-26-17-19)23-15-7-5-13-21(23)24/h1-7,9-17H. The van der Waals surface area contributed by atoms with Crippen LogP contribution in [0, 0.1) is 6.07 Å². The van der Waals surface area contributed by atoms with E-state index in [9.17, 15) is 0 Å². The normalized spacial score (nSPS) is 11.1. The number of hydrogen-bond donors (Lipinski definition) is 0. The van der Waals surface area contributed by atoms with Crippen molar-refractivity contribution < 1.29 is 0 Å². The molecule has 0 aliphatic heterocycles. The molecule has 4 aromatic carbocycles. The minimum absolute atomic E-state index is 1.10. The second-order valence-corrected chi connectivity index (χ2v) is 6.38. The number of aromatic nitrogens is 1. The third-order valence-corrected chi connectivity index (χ3v) is 4.88. The van der Waals surface area contributed by atoms with Gasteiger partial charge in [-0.3, -0.25) is 4.98 Å². The number of nitrogens with zero attached hydrogens (tertiary/aromatic N) is 1. The molecule has 0 atom stereocenters. The molecule has 121 valence electrons. The van der Waals surface area contributed by atoms with Gasteiger partial charge in [-0.1, -0.05) is 78.9 Å². The molecule has 5 aromatic rings. The second kappa shape index (κ2) is 6.12. The first-order valence-corrected chi connectivity index (χ1v) is 8.74. The molecule has 0 aliphatic rings. The Morgan fingerprint density at radius 3 is 1.54 bits per heavy atom. The summed E-state index contributed by atoms with van der Waals surface area (Å²) < 4.78 is 0. The van der Waals surface area contributed by atoms with E-state index in [2.05, 4.69) is 89.9 Å². The number of hydrogen-bond acceptors (Lipinski definition) is 1. The van der Waals surface area contributed by atoms with Gasteiger partial charge in [-0.15, -0.1) is 0 Å². The fourth-order valence-corrected chi connectivity index (χ4v) is 3.82. The fraction of sp³-hybridized carbons (Fsp3) is 0. The van der Waals surface area contributed by atoms with E-state index < -0.39 is 0 Å². The summed E-state index contributed by atoms with van der Waals surface area (Å²) in [7, 11) is 0. The molecule has 1 heterocycles. The van der Waals surface area contributed by atoms with Gasteiger partial charge in [0, 0.05) is 24.0 Å². The molecule has 0 spiro atoms. The highest BCUT2D eigenvalue weighted by atomic mass is 14.6. The highest BCUT2D eigenvalue weighted by Gasteiger charge is 2.15. The Morgan fingerprint density at radius 2 is 1.04 bits per heavy atom. The van der Waals surface area contributed by atoms with Crippen molar-refractivity contribution in [1.82, 2.24) is 4.98 Å². The quantitative estimate of drug-likeness (QED) is 0.336. The molecule has 0 bridgehead atoms. The van der Waals surface area contributed by atoms with Crippen molar-refractivity contribution in [2.45, 2.75) is 0 Å². The van der Waals surface area contributed by atoms with E-state index in [1.165, 1.54) is 38.2 Å². The first-order valence-electron chi connectivity index (χ1n) is 8.74. The van der Waals surface area contributed by atoms with E-state index in [1.54, 1.807) is 6.20 Å². The molecule has 0 unspecified atom stereocenters. The lowest BCUT2D eigenvalue weighted by Crippen LogP contribution is -1.90. The summed E-state index contributed by atoms with van der Waals surface area (Å²) >= 11 is 0. The Kier molecular flexibility index (Phi) is 3.50. The molecule has 5 rings (SSSR count). The topological polar surface area (TPSA) is 12.9 Å². The maximum Gasteiger partial charge on any atom is 0.0347 e. The van der Waals surface area contributed by atoms with Gasteiger partial charge >= 0.3 is 0 Å². The average Bonchev–Trinajstić information content (AvgIpc) is 2.73. The molecule has 1 nitrogen and oxygen atoms in total. The van der Waals surface area contributed by atoms with Gasteiger partial charge in [0.1, 0.15) is 0 Å². The molecule has 1 radical (unpaired) electrons. The lowest BCUT2D eigenvalue weighted by molar-refractivity contribution is 1.33. The minimum Gasteiger partial charge on any atom is -0.263 e. The average molecular weight is 330 g/mol. The van der Waals surface area contributed by atoms with E-state index in [-0.39, 0.29) is 0 Å². The smallest absolute Gasteiger partial charge is 0.0347 e. The number of fused-ring (bicyclic) bond motifs is 2. The largest absolute Gasteiger partial charge is 0.263 e. The van der Waals surface area contributed by atoms with E-state index >= 15 is 0 Å². The fourth-order valence-electron chi connectivity index (χ4n) is 3.82. The predicted molar refractivity (Wildman–Crippen MR) is 109 cm³/mol. The van der Waals surface area contributed by atoms with Gasteiger partial charge in [-0.25, -0.2) is 0 Å². The first kappa shape index (κ1) is 14.9. The Balaban J connectivity index is 2.02. The van der Waals surface area contributed by atoms with Crippen molar-refractivity contribution >= 4 is 21.5 Å². The highest BCUT2D eigenvalue weighted by Crippen LogP contribution is 2.42. The van der Waals surface area contributed by atoms with Crippen LogP contribution in [0.4, 0.5) is 0 Å². The molecule has 0 saturated heterocycles. The summed E-state index contributed by atoms with van der Waals surface area (Å²) in [6.07, 6.45) is 3.62. The van der Waals surface area contributed by atoms with Crippen LogP contribution < -0.4 is 0 Å². The van der Waals surface area contributed by atoms with E-state index in [0.717, 1.165) is 5.56 Å². The Labute approximate surface area is 152 Å². The van der Waals surface area contributed by atoms with Crippen molar-refractivity contribution in [3.63, 3.8) is 0 Å². The second-order valence-electron chi connectivity index (χ2n) is 6.38. The maximum absolute atomic E-state index is 4.30. The van der Waals surface area contributed by atoms with Gasteiger partial charge in [-0.05, 0) is 44.3 Å². The summed E-state index contributed by atoms with van der Waals surface area (Å²) in [6, 6.07) is 33.1. The zero-order valence-corrected chi connectivity index (χ0v) is 14.2. The Hall–Kier alpha value is -3.45. The van der Waals surface area contributed by atoms with Gasteiger partial charge in [0.2, 0.25) is 0 Å². The zero-order chi connectivity index (χ0) is 17.3. The van der Waals surface area contributed by atoms with Crippen LogP contribution in [0.15, 0.2) is 97.3 Å². The SMILES string of the molecule is [c]1cncc(-c2c3ccccc3c(-c3ccccc3)c3ccccc23)c1. The molecule has 1 heteroatoms. The van der Waals surface area contributed by atoms with Crippen LogP contribution in [0.2, 0.25) is 0 Å². The number of rotatable bonds is 2.